The van der Waals surface area contributed by atoms with E-state index in [0.29, 0.717) is 19.4 Å². The number of sulfonamides is 1. The third kappa shape index (κ3) is 2.92. The summed E-state index contributed by atoms with van der Waals surface area (Å²) in [5.74, 6) is 0.285. The van der Waals surface area contributed by atoms with Crippen molar-refractivity contribution >= 4 is 10.0 Å². The normalized spacial score (nSPS) is 20.7. The van der Waals surface area contributed by atoms with E-state index in [0.717, 1.165) is 0 Å². The van der Waals surface area contributed by atoms with Crippen LogP contribution in [0.25, 0.3) is 0 Å². The third-order valence-corrected chi connectivity index (χ3v) is 6.17. The van der Waals surface area contributed by atoms with Crippen LogP contribution in [0.3, 0.4) is 0 Å². The maximum atomic E-state index is 13.0. The van der Waals surface area contributed by atoms with Crippen LogP contribution in [-0.4, -0.2) is 42.1 Å². The van der Waals surface area contributed by atoms with Gasteiger partial charge in [-0.05, 0) is 31.0 Å². The van der Waals surface area contributed by atoms with E-state index in [9.17, 15) is 18.6 Å². The molecule has 1 aromatic heterocycles. The summed E-state index contributed by atoms with van der Waals surface area (Å²) in [7, 11) is -3.80. The monoisotopic (exact) mass is 337 g/mol. The highest BCUT2D eigenvalue weighted by Gasteiger charge is 2.37. The van der Waals surface area contributed by atoms with Crippen LogP contribution in [0.15, 0.2) is 52.0 Å². The lowest BCUT2D eigenvalue weighted by molar-refractivity contribution is 0.185. The van der Waals surface area contributed by atoms with Crippen molar-refractivity contribution in [1.82, 2.24) is 4.31 Å². The Kier molecular flexibility index (Phi) is 4.54. The standard InChI is InChI=1S/C16H19NO5S/c18-11-12-5-3-9-17(12)23(20,21)15-8-2-1-6-13(15)16(19)14-7-4-10-22-14/h1-2,4,6-8,10,12,16,18-19H,3,5,9,11H2/t12-,16+/m0/s1. The Balaban J connectivity index is 2.03. The largest absolute Gasteiger partial charge is 0.466 e. The second-order valence-electron chi connectivity index (χ2n) is 5.55. The molecule has 0 bridgehead atoms. The molecule has 2 heterocycles. The van der Waals surface area contributed by atoms with Crippen LogP contribution in [0.4, 0.5) is 0 Å². The number of nitrogens with zero attached hydrogens (tertiary/aromatic N) is 1. The molecule has 0 saturated carbocycles. The predicted octanol–water partition coefficient (Wildman–Crippen LogP) is 1.51. The van der Waals surface area contributed by atoms with Crippen molar-refractivity contribution < 1.29 is 23.0 Å². The molecule has 124 valence electrons. The van der Waals surface area contributed by atoms with Crippen LogP contribution < -0.4 is 0 Å². The van der Waals surface area contributed by atoms with Gasteiger partial charge in [-0.1, -0.05) is 18.2 Å². The fourth-order valence-electron chi connectivity index (χ4n) is 2.98. The Morgan fingerprint density at radius 3 is 2.74 bits per heavy atom. The molecule has 0 spiro atoms. The molecule has 1 fully saturated rings. The first-order valence-corrected chi connectivity index (χ1v) is 8.93. The first-order valence-electron chi connectivity index (χ1n) is 7.49. The van der Waals surface area contributed by atoms with E-state index in [2.05, 4.69) is 0 Å². The number of hydrogen-bond acceptors (Lipinski definition) is 5. The number of rotatable bonds is 5. The Morgan fingerprint density at radius 2 is 2.04 bits per heavy atom. The summed E-state index contributed by atoms with van der Waals surface area (Å²) in [6.07, 6.45) is 1.62. The molecular formula is C16H19NO5S. The van der Waals surface area contributed by atoms with Crippen molar-refractivity contribution in [2.45, 2.75) is 29.9 Å². The van der Waals surface area contributed by atoms with Gasteiger partial charge < -0.3 is 14.6 Å². The van der Waals surface area contributed by atoms with E-state index in [1.165, 1.54) is 16.6 Å². The molecule has 2 N–H and O–H groups in total. The van der Waals surface area contributed by atoms with E-state index >= 15 is 0 Å². The second-order valence-corrected chi connectivity index (χ2v) is 7.41. The quantitative estimate of drug-likeness (QED) is 0.863. The van der Waals surface area contributed by atoms with E-state index in [-0.39, 0.29) is 22.8 Å². The van der Waals surface area contributed by atoms with Gasteiger partial charge >= 0.3 is 0 Å². The molecule has 7 heteroatoms. The second kappa shape index (κ2) is 6.45. The van der Waals surface area contributed by atoms with E-state index in [1.807, 2.05) is 0 Å². The first-order chi connectivity index (χ1) is 11.1. The Morgan fingerprint density at radius 1 is 1.26 bits per heavy atom. The summed E-state index contributed by atoms with van der Waals surface area (Å²) >= 11 is 0. The highest BCUT2D eigenvalue weighted by Crippen LogP contribution is 2.32. The molecule has 6 nitrogen and oxygen atoms in total. The Bertz CT molecular complexity index is 757. The summed E-state index contributed by atoms with van der Waals surface area (Å²) in [6, 6.07) is 9.17. The van der Waals surface area contributed by atoms with Crippen LogP contribution in [0, 0.1) is 0 Å². The van der Waals surface area contributed by atoms with Crippen molar-refractivity contribution in [3.8, 4) is 0 Å². The van der Waals surface area contributed by atoms with Crippen LogP contribution in [0.5, 0.6) is 0 Å². The lowest BCUT2D eigenvalue weighted by Gasteiger charge is -2.24. The molecule has 1 saturated heterocycles. The van der Waals surface area contributed by atoms with Crippen molar-refractivity contribution in [2.24, 2.45) is 0 Å². The lowest BCUT2D eigenvalue weighted by atomic mass is 10.1. The minimum absolute atomic E-state index is 0.0456. The SMILES string of the molecule is O=S(=O)(c1ccccc1[C@@H](O)c1ccco1)N1CCC[C@H]1CO. The number of furan rings is 1. The Hall–Kier alpha value is -1.67. The zero-order valence-corrected chi connectivity index (χ0v) is 13.3. The van der Waals surface area contributed by atoms with Crippen molar-refractivity contribution in [3.05, 3.63) is 54.0 Å². The van der Waals surface area contributed by atoms with Crippen molar-refractivity contribution in [3.63, 3.8) is 0 Å². The molecule has 1 aromatic carbocycles. The van der Waals surface area contributed by atoms with Gasteiger partial charge in [-0.15, -0.1) is 0 Å². The highest BCUT2D eigenvalue weighted by atomic mass is 32.2. The number of aliphatic hydroxyl groups is 2. The summed E-state index contributed by atoms with van der Waals surface area (Å²) < 4.78 is 32.5. The predicted molar refractivity (Wildman–Crippen MR) is 83.2 cm³/mol. The van der Waals surface area contributed by atoms with Crippen molar-refractivity contribution in [2.75, 3.05) is 13.2 Å². The van der Waals surface area contributed by atoms with E-state index in [1.54, 1.807) is 30.3 Å². The number of hydrogen-bond donors (Lipinski definition) is 2. The molecule has 1 aliphatic heterocycles. The maximum absolute atomic E-state index is 13.0. The minimum atomic E-state index is -3.80. The summed E-state index contributed by atoms with van der Waals surface area (Å²) in [6.45, 7) is 0.168. The zero-order valence-electron chi connectivity index (χ0n) is 12.5. The molecule has 0 aliphatic carbocycles. The average Bonchev–Trinajstić information content (AvgIpc) is 3.25. The van der Waals surface area contributed by atoms with Gasteiger partial charge in [0, 0.05) is 18.2 Å². The van der Waals surface area contributed by atoms with Gasteiger partial charge in [0.05, 0.1) is 17.8 Å². The van der Waals surface area contributed by atoms with Crippen LogP contribution in [-0.2, 0) is 10.0 Å². The van der Waals surface area contributed by atoms with Gasteiger partial charge in [-0.25, -0.2) is 8.42 Å². The lowest BCUT2D eigenvalue weighted by Crippen LogP contribution is -2.38. The molecule has 23 heavy (non-hydrogen) atoms. The molecule has 0 amide bonds. The average molecular weight is 337 g/mol. The zero-order chi connectivity index (χ0) is 16.4. The van der Waals surface area contributed by atoms with Gasteiger partial charge in [0.25, 0.3) is 0 Å². The van der Waals surface area contributed by atoms with E-state index in [4.69, 9.17) is 4.42 Å². The molecule has 2 aromatic rings. The molecule has 1 aliphatic rings. The van der Waals surface area contributed by atoms with Gasteiger partial charge in [0.1, 0.15) is 11.9 Å². The smallest absolute Gasteiger partial charge is 0.243 e. The van der Waals surface area contributed by atoms with Crippen LogP contribution in [0.2, 0.25) is 0 Å². The molecule has 2 atom stereocenters. The number of aliphatic hydroxyl groups excluding tert-OH is 2. The fraction of sp³-hybridized carbons (Fsp3) is 0.375. The van der Waals surface area contributed by atoms with Gasteiger partial charge in [-0.2, -0.15) is 4.31 Å². The molecular weight excluding hydrogens is 318 g/mol. The van der Waals surface area contributed by atoms with E-state index < -0.39 is 22.2 Å². The minimum Gasteiger partial charge on any atom is -0.466 e. The molecule has 0 unspecified atom stereocenters. The van der Waals surface area contributed by atoms with Gasteiger partial charge in [0.15, 0.2) is 0 Å². The van der Waals surface area contributed by atoms with Crippen molar-refractivity contribution in [1.29, 1.82) is 0 Å². The maximum Gasteiger partial charge on any atom is 0.243 e. The van der Waals surface area contributed by atoms with Gasteiger partial charge in [0.2, 0.25) is 10.0 Å². The topological polar surface area (TPSA) is 91.0 Å². The Labute approximate surface area is 135 Å². The molecule has 3 rings (SSSR count). The molecule has 0 radical (unpaired) electrons. The fourth-order valence-corrected chi connectivity index (χ4v) is 4.89. The number of benzene rings is 1. The van der Waals surface area contributed by atoms with Gasteiger partial charge in [-0.3, -0.25) is 0 Å². The van der Waals surface area contributed by atoms with Crippen LogP contribution in [0.1, 0.15) is 30.3 Å². The summed E-state index contributed by atoms with van der Waals surface area (Å²) in [5, 5.41) is 19.9. The van der Waals surface area contributed by atoms with Crippen LogP contribution >= 0.6 is 0 Å². The summed E-state index contributed by atoms with van der Waals surface area (Å²) in [5.41, 5.74) is 0.269. The highest BCUT2D eigenvalue weighted by molar-refractivity contribution is 7.89. The third-order valence-electron chi connectivity index (χ3n) is 4.15. The summed E-state index contributed by atoms with van der Waals surface area (Å²) in [4.78, 5) is 0.0456. The first kappa shape index (κ1) is 16.2.